The van der Waals surface area contributed by atoms with E-state index in [0.29, 0.717) is 18.3 Å². The van der Waals surface area contributed by atoms with E-state index < -0.39 is 11.4 Å². The number of hydrogen-bond donors (Lipinski definition) is 2. The second-order valence-electron chi connectivity index (χ2n) is 14.1. The number of rotatable bonds is 3. The van der Waals surface area contributed by atoms with Gasteiger partial charge in [0.2, 0.25) is 0 Å². The number of carbonyl (C=O) groups excluding carboxylic acids is 1. The second-order valence-corrected chi connectivity index (χ2v) is 14.1. The predicted octanol–water partition coefficient (Wildman–Crippen LogP) is 6.94. The molecule has 3 fully saturated rings. The van der Waals surface area contributed by atoms with Crippen LogP contribution < -0.4 is 0 Å². The third kappa shape index (κ3) is 4.01. The summed E-state index contributed by atoms with van der Waals surface area (Å²) in [5, 5.41) is 19.4. The monoisotopic (exact) mass is 514 g/mol. The maximum atomic E-state index is 14.1. The van der Waals surface area contributed by atoms with Gasteiger partial charge in [-0.1, -0.05) is 54.5 Å². The van der Waals surface area contributed by atoms with Gasteiger partial charge in [-0.15, -0.1) is 0 Å². The lowest BCUT2D eigenvalue weighted by Crippen LogP contribution is -2.63. The molecule has 5 heteroatoms. The fourth-order valence-corrected chi connectivity index (χ4v) is 9.88. The summed E-state index contributed by atoms with van der Waals surface area (Å²) in [6, 6.07) is 0. The van der Waals surface area contributed by atoms with Gasteiger partial charge in [-0.05, 0) is 109 Å². The third-order valence-electron chi connectivity index (χ3n) is 11.9. The molecule has 208 valence electrons. The molecule has 0 aliphatic heterocycles. The second kappa shape index (κ2) is 9.33. The van der Waals surface area contributed by atoms with E-state index >= 15 is 0 Å². The highest BCUT2D eigenvalue weighted by Crippen LogP contribution is 2.70. The first kappa shape index (κ1) is 28.5. The molecule has 5 nitrogen and oxygen atoms in total. The number of carboxylic acid groups (broad SMARTS) is 1. The lowest BCUT2D eigenvalue weighted by Gasteiger charge is -2.66. The van der Waals surface area contributed by atoms with Gasteiger partial charge in [0.15, 0.2) is 5.78 Å². The summed E-state index contributed by atoms with van der Waals surface area (Å²) in [5.41, 5.74) is 1.05. The standard InChI is InChI=1S/C30H44O5.C2H6/c1-26(2)22-8-11-29(5)19-7-10-27(3)13-14-28(4,25(33)34)16-20(27)18(19)15-21(32)24(29)30(22,6)12-9-23(26)35-17-31;1-2/h15-16,19,22-24,31H,7-14,17H2,1-6H3,(H,33,34);1-2H3/t19?,22?,23?,24?,27?,28-,29?,30?;/m0./s1. The van der Waals surface area contributed by atoms with E-state index in [2.05, 4.69) is 34.6 Å². The highest BCUT2D eigenvalue weighted by Gasteiger charge is 2.66. The van der Waals surface area contributed by atoms with Crippen LogP contribution in [0, 0.1) is 44.8 Å². The molecule has 0 aromatic carbocycles. The zero-order valence-electron chi connectivity index (χ0n) is 24.4. The van der Waals surface area contributed by atoms with Crippen molar-refractivity contribution >= 4 is 11.8 Å². The quantitative estimate of drug-likeness (QED) is 0.398. The van der Waals surface area contributed by atoms with Gasteiger partial charge in [0.1, 0.15) is 6.79 Å². The van der Waals surface area contributed by atoms with Crippen LogP contribution in [0.2, 0.25) is 0 Å². The van der Waals surface area contributed by atoms with Crippen molar-refractivity contribution in [3.63, 3.8) is 0 Å². The van der Waals surface area contributed by atoms with Crippen molar-refractivity contribution in [2.24, 2.45) is 44.8 Å². The molecule has 5 aliphatic rings. The minimum atomic E-state index is -0.864. The van der Waals surface area contributed by atoms with Gasteiger partial charge in [0.25, 0.3) is 0 Å². The largest absolute Gasteiger partial charge is 0.481 e. The molecule has 0 bridgehead atoms. The molecule has 5 rings (SSSR count). The number of carbonyl (C=O) groups is 2. The van der Waals surface area contributed by atoms with Crippen LogP contribution in [0.25, 0.3) is 0 Å². The lowest BCUT2D eigenvalue weighted by molar-refractivity contribution is -0.206. The minimum absolute atomic E-state index is 0.0104. The van der Waals surface area contributed by atoms with Crippen LogP contribution in [0.1, 0.15) is 107 Å². The number of fused-ring (bicyclic) bond motifs is 7. The zero-order chi connectivity index (χ0) is 27.6. The van der Waals surface area contributed by atoms with Gasteiger partial charge >= 0.3 is 5.97 Å². The molecule has 37 heavy (non-hydrogen) atoms. The fraction of sp³-hybridized carbons (Fsp3) is 0.812. The van der Waals surface area contributed by atoms with E-state index in [-0.39, 0.29) is 46.3 Å². The molecule has 5 aliphatic carbocycles. The number of ether oxygens (including phenoxy) is 1. The summed E-state index contributed by atoms with van der Waals surface area (Å²) in [5.74, 6) is 0.105. The normalized spacial score (nSPS) is 46.0. The van der Waals surface area contributed by atoms with Crippen LogP contribution in [0.4, 0.5) is 0 Å². The summed E-state index contributed by atoms with van der Waals surface area (Å²) in [6.07, 6.45) is 11.5. The Hall–Kier alpha value is -1.46. The zero-order valence-corrected chi connectivity index (χ0v) is 24.4. The van der Waals surface area contributed by atoms with Gasteiger partial charge in [0.05, 0.1) is 11.5 Å². The Bertz CT molecular complexity index is 1010. The molecule has 0 radical (unpaired) electrons. The van der Waals surface area contributed by atoms with Gasteiger partial charge in [-0.25, -0.2) is 0 Å². The number of ketones is 1. The van der Waals surface area contributed by atoms with E-state index in [1.165, 1.54) is 0 Å². The molecule has 0 spiro atoms. The van der Waals surface area contributed by atoms with E-state index in [1.807, 2.05) is 32.9 Å². The molecule has 0 saturated heterocycles. The number of aliphatic carboxylic acids is 1. The first-order valence-corrected chi connectivity index (χ1v) is 14.7. The Labute approximate surface area is 224 Å². The summed E-state index contributed by atoms with van der Waals surface area (Å²) >= 11 is 0. The molecule has 7 unspecified atom stereocenters. The third-order valence-corrected chi connectivity index (χ3v) is 11.9. The van der Waals surface area contributed by atoms with Gasteiger partial charge in [0, 0.05) is 5.92 Å². The average Bonchev–Trinajstić information content (AvgIpc) is 2.82. The topological polar surface area (TPSA) is 83.8 Å². The van der Waals surface area contributed by atoms with Crippen molar-refractivity contribution in [1.82, 2.24) is 0 Å². The molecule has 0 aromatic rings. The molecular weight excluding hydrogens is 464 g/mol. The van der Waals surface area contributed by atoms with Crippen molar-refractivity contribution in [1.29, 1.82) is 0 Å². The Morgan fingerprint density at radius 1 is 0.946 bits per heavy atom. The van der Waals surface area contributed by atoms with E-state index in [0.717, 1.165) is 56.1 Å². The van der Waals surface area contributed by atoms with Gasteiger partial charge < -0.3 is 14.9 Å². The lowest BCUT2D eigenvalue weighted by atomic mass is 9.37. The van der Waals surface area contributed by atoms with Crippen molar-refractivity contribution in [2.75, 3.05) is 6.79 Å². The molecule has 2 N–H and O–H groups in total. The molecule has 0 amide bonds. The average molecular weight is 515 g/mol. The number of aliphatic hydroxyl groups is 1. The van der Waals surface area contributed by atoms with Crippen LogP contribution in [0.15, 0.2) is 23.3 Å². The van der Waals surface area contributed by atoms with E-state index in [1.54, 1.807) is 0 Å². The highest BCUT2D eigenvalue weighted by atomic mass is 16.6. The maximum absolute atomic E-state index is 14.1. The summed E-state index contributed by atoms with van der Waals surface area (Å²) in [7, 11) is 0. The SMILES string of the molecule is CC.CC12CCC3C(=CC(=O)C4C3(C)CCC3C(C)(C)C(OCO)CCC34C)C1=C[C@@](C)(C(=O)O)CC2. The Morgan fingerprint density at radius 3 is 2.22 bits per heavy atom. The highest BCUT2D eigenvalue weighted by molar-refractivity contribution is 5.96. The minimum Gasteiger partial charge on any atom is -0.481 e. The van der Waals surface area contributed by atoms with Gasteiger partial charge in [-0.3, -0.25) is 9.59 Å². The van der Waals surface area contributed by atoms with Gasteiger partial charge in [-0.2, -0.15) is 0 Å². The summed E-state index contributed by atoms with van der Waals surface area (Å²) in [6.45, 7) is 17.1. The number of allylic oxidation sites excluding steroid dienone is 3. The number of carboxylic acids is 1. The molecular formula is C32H50O5. The van der Waals surface area contributed by atoms with E-state index in [9.17, 15) is 19.8 Å². The van der Waals surface area contributed by atoms with Crippen molar-refractivity contribution < 1.29 is 24.5 Å². The van der Waals surface area contributed by atoms with Crippen LogP contribution in [-0.2, 0) is 14.3 Å². The fourth-order valence-electron chi connectivity index (χ4n) is 9.88. The summed E-state index contributed by atoms with van der Waals surface area (Å²) < 4.78 is 5.78. The number of aliphatic hydroxyl groups excluding tert-OH is 1. The summed E-state index contributed by atoms with van der Waals surface area (Å²) in [4.78, 5) is 26.3. The van der Waals surface area contributed by atoms with Crippen LogP contribution in [0.5, 0.6) is 0 Å². The molecule has 8 atom stereocenters. The smallest absolute Gasteiger partial charge is 0.313 e. The van der Waals surface area contributed by atoms with Crippen LogP contribution >= 0.6 is 0 Å². The number of hydrogen-bond acceptors (Lipinski definition) is 4. The van der Waals surface area contributed by atoms with E-state index in [4.69, 9.17) is 4.74 Å². The Kier molecular flexibility index (Phi) is 7.20. The Balaban J connectivity index is 0.00000156. The van der Waals surface area contributed by atoms with Crippen molar-refractivity contribution in [2.45, 2.75) is 113 Å². The van der Waals surface area contributed by atoms with Crippen molar-refractivity contribution in [3.8, 4) is 0 Å². The van der Waals surface area contributed by atoms with Crippen LogP contribution in [0.3, 0.4) is 0 Å². The van der Waals surface area contributed by atoms with Crippen molar-refractivity contribution in [3.05, 3.63) is 23.3 Å². The van der Waals surface area contributed by atoms with Crippen LogP contribution in [-0.4, -0.2) is 34.9 Å². The predicted molar refractivity (Wildman–Crippen MR) is 146 cm³/mol. The molecule has 0 aromatic heterocycles. The first-order chi connectivity index (χ1) is 17.2. The Morgan fingerprint density at radius 2 is 1.59 bits per heavy atom. The first-order valence-electron chi connectivity index (χ1n) is 14.7. The maximum Gasteiger partial charge on any atom is 0.313 e. The molecule has 3 saturated carbocycles. The molecule has 0 heterocycles.